The number of nitrogens with one attached hydrogen (secondary N) is 2. The van der Waals surface area contributed by atoms with Gasteiger partial charge in [0, 0.05) is 62.1 Å². The number of piperazine rings is 1. The van der Waals surface area contributed by atoms with Crippen LogP contribution in [0, 0.1) is 0 Å². The van der Waals surface area contributed by atoms with E-state index in [4.69, 9.17) is 21.3 Å². The van der Waals surface area contributed by atoms with Gasteiger partial charge in [0.05, 0.1) is 10.9 Å². The number of rotatable bonds is 5. The topological polar surface area (TPSA) is 107 Å². The van der Waals surface area contributed by atoms with Crippen LogP contribution in [0.5, 0.6) is 0 Å². The van der Waals surface area contributed by atoms with Gasteiger partial charge in [-0.3, -0.25) is 14.7 Å². The van der Waals surface area contributed by atoms with Crippen molar-refractivity contribution in [3.63, 3.8) is 0 Å². The lowest BCUT2D eigenvalue weighted by molar-refractivity contribution is 0.000564. The molecule has 2 aliphatic rings. The predicted octanol–water partition coefficient (Wildman–Crippen LogP) is 4.62. The Bertz CT molecular complexity index is 1530. The number of pyridine rings is 1. The summed E-state index contributed by atoms with van der Waals surface area (Å²) in [6.45, 7) is 14.4. The highest BCUT2D eigenvalue weighted by atomic mass is 35.5. The van der Waals surface area contributed by atoms with Crippen molar-refractivity contribution < 1.29 is 9.53 Å². The van der Waals surface area contributed by atoms with Gasteiger partial charge in [0.15, 0.2) is 0 Å². The largest absolute Gasteiger partial charge is 0.444 e. The monoisotopic (exact) mass is 579 g/mol. The van der Waals surface area contributed by atoms with Crippen molar-refractivity contribution in [2.45, 2.75) is 72.2 Å². The van der Waals surface area contributed by atoms with Crippen molar-refractivity contribution in [1.29, 1.82) is 0 Å². The molecule has 0 radical (unpaired) electrons. The molecule has 1 fully saturated rings. The van der Waals surface area contributed by atoms with E-state index in [0.717, 1.165) is 16.9 Å². The summed E-state index contributed by atoms with van der Waals surface area (Å²) in [5.74, 6) is 1.37. The second-order valence-electron chi connectivity index (χ2n) is 12.0. The lowest BCUT2D eigenvalue weighted by Crippen LogP contribution is -2.54. The van der Waals surface area contributed by atoms with E-state index in [1.807, 2.05) is 57.1 Å². The molecular formula is C30H38ClN7O3. The number of aromatic nitrogens is 3. The summed E-state index contributed by atoms with van der Waals surface area (Å²) in [6.07, 6.45) is 4.00. The number of anilines is 1. The van der Waals surface area contributed by atoms with Crippen LogP contribution >= 0.6 is 11.6 Å². The van der Waals surface area contributed by atoms with Crippen LogP contribution in [0.3, 0.4) is 0 Å². The Hall–Kier alpha value is -3.47. The third-order valence-electron chi connectivity index (χ3n) is 7.43. The third-order valence-corrected chi connectivity index (χ3v) is 7.78. The molecule has 2 aliphatic heterocycles. The maximum absolute atomic E-state index is 12.9. The molecule has 2 atom stereocenters. The van der Waals surface area contributed by atoms with Crippen LogP contribution in [-0.2, 0) is 17.7 Å². The van der Waals surface area contributed by atoms with Crippen LogP contribution in [0.4, 0.5) is 10.6 Å². The molecule has 41 heavy (non-hydrogen) atoms. The summed E-state index contributed by atoms with van der Waals surface area (Å²) in [5, 5.41) is 2.90. The number of carbonyl (C=O) groups is 1. The molecule has 0 bridgehead atoms. The highest BCUT2D eigenvalue weighted by Crippen LogP contribution is 2.25. The summed E-state index contributed by atoms with van der Waals surface area (Å²) in [7, 11) is 0. The maximum Gasteiger partial charge on any atom is 0.410 e. The van der Waals surface area contributed by atoms with Crippen molar-refractivity contribution in [2.75, 3.05) is 24.6 Å². The first-order valence-electron chi connectivity index (χ1n) is 14.0. The van der Waals surface area contributed by atoms with Gasteiger partial charge in [-0.25, -0.2) is 20.2 Å². The molecule has 2 N–H and O–H groups in total. The number of benzene rings is 1. The van der Waals surface area contributed by atoms with Crippen LogP contribution in [0.2, 0.25) is 5.02 Å². The molecule has 1 amide bonds. The van der Waals surface area contributed by atoms with E-state index >= 15 is 0 Å². The number of ether oxygens (including phenoxy) is 1. The van der Waals surface area contributed by atoms with Gasteiger partial charge >= 0.3 is 6.09 Å². The molecule has 1 aromatic carbocycles. The average molecular weight is 580 g/mol. The van der Waals surface area contributed by atoms with Crippen LogP contribution < -0.4 is 16.0 Å². The average Bonchev–Trinajstić information content (AvgIpc) is 3.22. The zero-order chi connectivity index (χ0) is 29.5. The van der Waals surface area contributed by atoms with Crippen molar-refractivity contribution in [1.82, 2.24) is 30.2 Å². The fourth-order valence-electron chi connectivity index (χ4n) is 5.12. The highest BCUT2D eigenvalue weighted by Gasteiger charge is 2.31. The van der Waals surface area contributed by atoms with Gasteiger partial charge in [-0.1, -0.05) is 17.7 Å². The first-order valence-corrected chi connectivity index (χ1v) is 14.4. The van der Waals surface area contributed by atoms with E-state index in [-0.39, 0.29) is 23.7 Å². The normalized spacial score (nSPS) is 20.0. The number of hydrogen-bond donors (Lipinski definition) is 2. The fourth-order valence-corrected chi connectivity index (χ4v) is 5.34. The fraction of sp³-hybridized carbons (Fsp3) is 0.467. The van der Waals surface area contributed by atoms with Crippen LogP contribution in [-0.4, -0.2) is 68.2 Å². The molecule has 11 heteroatoms. The van der Waals surface area contributed by atoms with Crippen molar-refractivity contribution in [3.8, 4) is 0 Å². The number of nitrogens with zero attached hydrogens (tertiary/aromatic N) is 5. The van der Waals surface area contributed by atoms with E-state index in [1.165, 1.54) is 5.57 Å². The lowest BCUT2D eigenvalue weighted by atomic mass is 10.1. The number of halogens is 1. The van der Waals surface area contributed by atoms with Gasteiger partial charge < -0.3 is 14.6 Å². The number of H-pyrrole nitrogens is 1. The number of carbonyl (C=O) groups excluding carboxylic acids is 1. The molecule has 2 aromatic heterocycles. The number of hydrazine groups is 1. The first-order chi connectivity index (χ1) is 19.4. The van der Waals surface area contributed by atoms with E-state index < -0.39 is 5.60 Å². The Morgan fingerprint density at radius 1 is 1.20 bits per heavy atom. The Labute approximate surface area is 245 Å². The summed E-state index contributed by atoms with van der Waals surface area (Å²) in [4.78, 5) is 41.8. The molecule has 1 saturated heterocycles. The van der Waals surface area contributed by atoms with Crippen LogP contribution in [0.1, 0.15) is 58.5 Å². The Morgan fingerprint density at radius 2 is 1.98 bits per heavy atom. The van der Waals surface area contributed by atoms with Crippen LogP contribution in [0.15, 0.2) is 47.0 Å². The highest BCUT2D eigenvalue weighted by molar-refractivity contribution is 6.32. The van der Waals surface area contributed by atoms with Gasteiger partial charge in [0.25, 0.3) is 5.56 Å². The van der Waals surface area contributed by atoms with E-state index in [1.54, 1.807) is 17.2 Å². The van der Waals surface area contributed by atoms with Gasteiger partial charge in [-0.05, 0) is 76.4 Å². The summed E-state index contributed by atoms with van der Waals surface area (Å²) in [5.41, 5.74) is 6.27. The number of hydrogen-bond acceptors (Lipinski definition) is 8. The van der Waals surface area contributed by atoms with Crippen molar-refractivity contribution >= 4 is 34.4 Å². The van der Waals surface area contributed by atoms with Crippen LogP contribution in [0.25, 0.3) is 10.9 Å². The molecule has 5 rings (SSSR count). The minimum absolute atomic E-state index is 0.00454. The second kappa shape index (κ2) is 11.4. The summed E-state index contributed by atoms with van der Waals surface area (Å²) < 4.78 is 5.57. The predicted molar refractivity (Wildman–Crippen MR) is 161 cm³/mol. The molecule has 218 valence electrons. The Kier molecular flexibility index (Phi) is 8.09. The minimum Gasteiger partial charge on any atom is -0.444 e. The standard InChI is InChI=1S/C30H38ClN7O3/c1-18-15-38(35-20(18)3)27-8-7-21(14-32-27)11-26-33-25-12-22(24(31)13-23(25)28(39)34-26)17-36-9-10-37(19(2)16-36)29(40)41-30(4,5)6/h7-8,12-15,19-20,35H,9-11,16-17H2,1-6H3,(H,33,34,39)/t19-,20?/m1/s1. The Morgan fingerprint density at radius 3 is 2.61 bits per heavy atom. The lowest BCUT2D eigenvalue weighted by Gasteiger charge is -2.40. The van der Waals surface area contributed by atoms with Gasteiger partial charge in [0.1, 0.15) is 17.2 Å². The van der Waals surface area contributed by atoms with Crippen molar-refractivity contribution in [2.24, 2.45) is 0 Å². The summed E-state index contributed by atoms with van der Waals surface area (Å²) in [6, 6.07) is 7.80. The molecule has 10 nitrogen and oxygen atoms in total. The van der Waals surface area contributed by atoms with Gasteiger partial charge in [0.2, 0.25) is 0 Å². The number of amides is 1. The number of fused-ring (bicyclic) bond motifs is 1. The van der Waals surface area contributed by atoms with Gasteiger partial charge in [-0.15, -0.1) is 0 Å². The molecule has 3 aromatic rings. The molecule has 1 unspecified atom stereocenters. The molecule has 0 saturated carbocycles. The molecular weight excluding hydrogens is 542 g/mol. The molecule has 0 spiro atoms. The minimum atomic E-state index is -0.531. The third kappa shape index (κ3) is 6.72. The number of aromatic amines is 1. The zero-order valence-electron chi connectivity index (χ0n) is 24.5. The van der Waals surface area contributed by atoms with E-state index in [0.29, 0.717) is 54.3 Å². The van der Waals surface area contributed by atoms with Crippen molar-refractivity contribution in [3.05, 3.63) is 74.6 Å². The summed E-state index contributed by atoms with van der Waals surface area (Å²) >= 11 is 6.63. The smallest absolute Gasteiger partial charge is 0.410 e. The quantitative estimate of drug-likeness (QED) is 0.451. The zero-order valence-corrected chi connectivity index (χ0v) is 25.2. The Balaban J connectivity index is 1.28. The SMILES string of the molecule is CC1=CN(c2ccc(Cc3nc4cc(CN5CCN(C(=O)OC(C)(C)C)[C@H](C)C5)c(Cl)cc4c(=O)[nH]3)cn2)NC1C. The molecule has 4 heterocycles. The second-order valence-corrected chi connectivity index (χ2v) is 12.4. The van der Waals surface area contributed by atoms with E-state index in [2.05, 4.69) is 34.1 Å². The molecule has 0 aliphatic carbocycles. The van der Waals surface area contributed by atoms with E-state index in [9.17, 15) is 9.59 Å². The maximum atomic E-state index is 12.9. The first kappa shape index (κ1) is 29.0. The van der Waals surface area contributed by atoms with Gasteiger partial charge in [-0.2, -0.15) is 0 Å².